The second-order valence-electron chi connectivity index (χ2n) is 6.79. The minimum Gasteiger partial charge on any atom is -0.382 e. The van der Waals surface area contributed by atoms with E-state index in [1.807, 2.05) is 35.1 Å². The highest BCUT2D eigenvalue weighted by atomic mass is 16.5. The van der Waals surface area contributed by atoms with Crippen molar-refractivity contribution >= 4 is 5.78 Å². The van der Waals surface area contributed by atoms with Crippen LogP contribution in [0.1, 0.15) is 22.3 Å². The number of fused-ring (bicyclic) bond motifs is 1. The summed E-state index contributed by atoms with van der Waals surface area (Å²) in [6.45, 7) is 2.38. The average molecular weight is 377 g/mol. The third kappa shape index (κ3) is 3.88. The van der Waals surface area contributed by atoms with E-state index in [9.17, 15) is 4.79 Å². The summed E-state index contributed by atoms with van der Waals surface area (Å²) >= 11 is 0. The van der Waals surface area contributed by atoms with Crippen LogP contribution in [0.15, 0.2) is 48.9 Å². The van der Waals surface area contributed by atoms with E-state index in [4.69, 9.17) is 14.6 Å². The van der Waals surface area contributed by atoms with Gasteiger partial charge in [-0.2, -0.15) is 5.10 Å². The molecular weight excluding hydrogens is 354 g/mol. The number of ether oxygens (including phenoxy) is 2. The number of Topliss-reactive ketones (excluding diaryl/α,β-unsaturated/α-hetero) is 1. The van der Waals surface area contributed by atoms with E-state index in [1.165, 1.54) is 0 Å². The maximum atomic E-state index is 12.0. The number of nitrogens with zero attached hydrogens (tertiary/aromatic N) is 3. The number of rotatable bonds is 8. The molecule has 3 aromatic rings. The standard InChI is InChI=1S/C22H23N3O3/c1-27-12-13-28-11-10-25-15-20(22(24-25)16-6-8-23-9-7-16)18-2-4-19-17(14-18)3-5-21(19)26/h2,4,6-9,14-15H,3,5,10-13H2,1H3. The van der Waals surface area contributed by atoms with E-state index in [-0.39, 0.29) is 5.78 Å². The van der Waals surface area contributed by atoms with Crippen molar-refractivity contribution in [2.75, 3.05) is 26.9 Å². The van der Waals surface area contributed by atoms with Gasteiger partial charge < -0.3 is 9.47 Å². The number of benzene rings is 1. The van der Waals surface area contributed by atoms with Crippen molar-refractivity contribution in [1.82, 2.24) is 14.8 Å². The summed E-state index contributed by atoms with van der Waals surface area (Å²) in [6, 6.07) is 10.0. The third-order valence-electron chi connectivity index (χ3n) is 4.95. The van der Waals surface area contributed by atoms with Crippen LogP contribution in [-0.2, 0) is 22.4 Å². The van der Waals surface area contributed by atoms with Crippen molar-refractivity contribution < 1.29 is 14.3 Å². The molecule has 2 aromatic heterocycles. The molecule has 0 saturated heterocycles. The molecule has 0 unspecified atom stereocenters. The molecule has 6 nitrogen and oxygen atoms in total. The lowest BCUT2D eigenvalue weighted by Gasteiger charge is -2.05. The normalized spacial score (nSPS) is 13.1. The van der Waals surface area contributed by atoms with Crippen LogP contribution in [0.3, 0.4) is 0 Å². The summed E-state index contributed by atoms with van der Waals surface area (Å²) in [4.78, 5) is 16.1. The molecular formula is C22H23N3O3. The lowest BCUT2D eigenvalue weighted by Crippen LogP contribution is -2.09. The van der Waals surface area contributed by atoms with Gasteiger partial charge >= 0.3 is 0 Å². The Bertz CT molecular complexity index is 966. The van der Waals surface area contributed by atoms with Gasteiger partial charge in [0.15, 0.2) is 5.78 Å². The molecule has 144 valence electrons. The highest BCUT2D eigenvalue weighted by Crippen LogP contribution is 2.33. The maximum Gasteiger partial charge on any atom is 0.163 e. The first-order chi connectivity index (χ1) is 13.8. The maximum absolute atomic E-state index is 12.0. The summed E-state index contributed by atoms with van der Waals surface area (Å²) in [7, 11) is 1.66. The second kappa shape index (κ2) is 8.46. The molecule has 0 N–H and O–H groups in total. The van der Waals surface area contributed by atoms with Gasteiger partial charge in [-0.1, -0.05) is 18.2 Å². The number of aryl methyl sites for hydroxylation is 1. The van der Waals surface area contributed by atoms with Crippen molar-refractivity contribution in [3.05, 3.63) is 60.0 Å². The summed E-state index contributed by atoms with van der Waals surface area (Å²) in [5, 5.41) is 4.79. The number of pyridine rings is 1. The van der Waals surface area contributed by atoms with Crippen molar-refractivity contribution in [1.29, 1.82) is 0 Å². The minimum absolute atomic E-state index is 0.236. The molecule has 1 aliphatic rings. The molecule has 0 saturated carbocycles. The molecule has 0 radical (unpaired) electrons. The van der Waals surface area contributed by atoms with E-state index < -0.39 is 0 Å². The van der Waals surface area contributed by atoms with Gasteiger partial charge in [0, 0.05) is 48.8 Å². The third-order valence-corrected chi connectivity index (χ3v) is 4.95. The monoisotopic (exact) mass is 377 g/mol. The molecule has 1 aromatic carbocycles. The molecule has 0 aliphatic heterocycles. The van der Waals surface area contributed by atoms with E-state index in [1.54, 1.807) is 19.5 Å². The highest BCUT2D eigenvalue weighted by molar-refractivity contribution is 6.01. The Kier molecular flexibility index (Phi) is 5.60. The Labute approximate surface area is 164 Å². The van der Waals surface area contributed by atoms with Crippen LogP contribution in [0.4, 0.5) is 0 Å². The van der Waals surface area contributed by atoms with Crippen molar-refractivity contribution in [2.24, 2.45) is 0 Å². The zero-order chi connectivity index (χ0) is 19.3. The summed E-state index contributed by atoms with van der Waals surface area (Å²) < 4.78 is 12.5. The summed E-state index contributed by atoms with van der Waals surface area (Å²) in [6.07, 6.45) is 7.01. The summed E-state index contributed by atoms with van der Waals surface area (Å²) in [5.41, 5.74) is 6.02. The van der Waals surface area contributed by atoms with Crippen LogP contribution in [0.5, 0.6) is 0 Å². The molecule has 0 amide bonds. The number of carbonyl (C=O) groups is 1. The van der Waals surface area contributed by atoms with E-state index in [2.05, 4.69) is 11.1 Å². The fourth-order valence-electron chi connectivity index (χ4n) is 3.50. The minimum atomic E-state index is 0.236. The van der Waals surface area contributed by atoms with Crippen LogP contribution in [0, 0.1) is 0 Å². The lowest BCUT2D eigenvalue weighted by atomic mass is 9.98. The number of carbonyl (C=O) groups excluding carboxylic acids is 1. The second-order valence-corrected chi connectivity index (χ2v) is 6.79. The topological polar surface area (TPSA) is 66.2 Å². The van der Waals surface area contributed by atoms with Crippen molar-refractivity contribution in [3.8, 4) is 22.4 Å². The van der Waals surface area contributed by atoms with Gasteiger partial charge in [0.1, 0.15) is 5.69 Å². The largest absolute Gasteiger partial charge is 0.382 e. The Hall–Kier alpha value is -2.83. The van der Waals surface area contributed by atoms with E-state index >= 15 is 0 Å². The fraction of sp³-hybridized carbons (Fsp3) is 0.318. The number of hydrogen-bond donors (Lipinski definition) is 0. The molecule has 0 bridgehead atoms. The molecule has 0 atom stereocenters. The molecule has 1 aliphatic carbocycles. The van der Waals surface area contributed by atoms with E-state index in [0.717, 1.165) is 39.9 Å². The van der Waals surface area contributed by atoms with Gasteiger partial charge in [-0.25, -0.2) is 0 Å². The Morgan fingerprint density at radius 3 is 2.68 bits per heavy atom. The predicted octanol–water partition coefficient (Wildman–Crippen LogP) is 3.40. The Balaban J connectivity index is 1.64. The van der Waals surface area contributed by atoms with Crippen LogP contribution < -0.4 is 0 Å². The van der Waals surface area contributed by atoms with Gasteiger partial charge in [0.25, 0.3) is 0 Å². The smallest absolute Gasteiger partial charge is 0.163 e. The van der Waals surface area contributed by atoms with Crippen LogP contribution >= 0.6 is 0 Å². The molecule has 2 heterocycles. The van der Waals surface area contributed by atoms with Crippen molar-refractivity contribution in [2.45, 2.75) is 19.4 Å². The number of methoxy groups -OCH3 is 1. The number of hydrogen-bond acceptors (Lipinski definition) is 5. The van der Waals surface area contributed by atoms with Gasteiger partial charge in [-0.05, 0) is 29.7 Å². The molecule has 0 spiro atoms. The predicted molar refractivity (Wildman–Crippen MR) is 106 cm³/mol. The van der Waals surface area contributed by atoms with Gasteiger partial charge in [0.2, 0.25) is 0 Å². The molecule has 0 fully saturated rings. The van der Waals surface area contributed by atoms with Crippen LogP contribution in [0.2, 0.25) is 0 Å². The Morgan fingerprint density at radius 2 is 1.86 bits per heavy atom. The first kappa shape index (κ1) is 18.5. The van der Waals surface area contributed by atoms with Gasteiger partial charge in [-0.15, -0.1) is 0 Å². The summed E-state index contributed by atoms with van der Waals surface area (Å²) in [5.74, 6) is 0.236. The lowest BCUT2D eigenvalue weighted by molar-refractivity contribution is 0.0654. The molecule has 28 heavy (non-hydrogen) atoms. The first-order valence-electron chi connectivity index (χ1n) is 9.47. The quantitative estimate of drug-likeness (QED) is 0.563. The van der Waals surface area contributed by atoms with Crippen molar-refractivity contribution in [3.63, 3.8) is 0 Å². The molecule has 6 heteroatoms. The zero-order valence-corrected chi connectivity index (χ0v) is 15.9. The number of ketones is 1. The van der Waals surface area contributed by atoms with Gasteiger partial charge in [0.05, 0.1) is 26.4 Å². The SMILES string of the molecule is COCCOCCn1cc(-c2ccc3c(c2)CCC3=O)c(-c2ccncc2)n1. The molecule has 4 rings (SSSR count). The fourth-order valence-corrected chi connectivity index (χ4v) is 3.50. The first-order valence-corrected chi connectivity index (χ1v) is 9.47. The highest BCUT2D eigenvalue weighted by Gasteiger charge is 2.21. The van der Waals surface area contributed by atoms with Crippen LogP contribution in [-0.4, -0.2) is 47.5 Å². The Morgan fingerprint density at radius 1 is 1.00 bits per heavy atom. The number of aromatic nitrogens is 3. The van der Waals surface area contributed by atoms with Crippen LogP contribution in [0.25, 0.3) is 22.4 Å². The van der Waals surface area contributed by atoms with Gasteiger partial charge in [-0.3, -0.25) is 14.5 Å². The van der Waals surface area contributed by atoms with E-state index in [0.29, 0.717) is 32.8 Å². The average Bonchev–Trinajstić information content (AvgIpc) is 3.32. The zero-order valence-electron chi connectivity index (χ0n) is 15.9.